The number of benzene rings is 1. The number of carbonyl (C=O) groups excluding carboxylic acids is 3. The molecule has 0 aliphatic heterocycles. The summed E-state index contributed by atoms with van der Waals surface area (Å²) in [6.45, 7) is 1.60. The molecule has 0 bridgehead atoms. The first-order chi connectivity index (χ1) is 11.6. The molecule has 128 valence electrons. The van der Waals surface area contributed by atoms with Crippen LogP contribution in [0, 0.1) is 4.91 Å². The van der Waals surface area contributed by atoms with E-state index in [1.54, 1.807) is 25.1 Å². The van der Waals surface area contributed by atoms with E-state index < -0.39 is 17.7 Å². The van der Waals surface area contributed by atoms with Gasteiger partial charge in [-0.3, -0.25) is 4.79 Å². The molecule has 1 aromatic rings. The highest BCUT2D eigenvalue weighted by Gasteiger charge is 2.29. The molecule has 7 nitrogen and oxygen atoms in total. The fourth-order valence-electron chi connectivity index (χ4n) is 2.06. The van der Waals surface area contributed by atoms with Crippen LogP contribution >= 0.6 is 0 Å². The Morgan fingerprint density at radius 2 is 1.75 bits per heavy atom. The second-order valence-corrected chi connectivity index (χ2v) is 4.72. The number of Topliss-reactive ketones (excluding diaryl/α,β-unsaturated/α-hetero) is 1. The third kappa shape index (κ3) is 5.12. The molecule has 0 amide bonds. The fourth-order valence-corrected chi connectivity index (χ4v) is 2.06. The van der Waals surface area contributed by atoms with E-state index in [1.165, 1.54) is 12.1 Å². The summed E-state index contributed by atoms with van der Waals surface area (Å²) in [7, 11) is 1.15. The van der Waals surface area contributed by atoms with Gasteiger partial charge in [0.25, 0.3) is 0 Å². The first-order valence-corrected chi connectivity index (χ1v) is 7.44. The zero-order valence-electron chi connectivity index (χ0n) is 13.6. The minimum Gasteiger partial charge on any atom is -0.466 e. The van der Waals surface area contributed by atoms with Gasteiger partial charge in [-0.15, -0.1) is 0 Å². The number of hydrogen-bond acceptors (Lipinski definition) is 7. The highest BCUT2D eigenvalue weighted by Crippen LogP contribution is 2.20. The first-order valence-electron chi connectivity index (χ1n) is 7.44. The van der Waals surface area contributed by atoms with Gasteiger partial charge in [0.2, 0.25) is 5.78 Å². The maximum atomic E-state index is 12.7. The molecule has 7 heteroatoms. The van der Waals surface area contributed by atoms with E-state index in [4.69, 9.17) is 4.74 Å². The molecule has 0 saturated carbocycles. The Hall–Kier alpha value is -2.83. The van der Waals surface area contributed by atoms with Crippen LogP contribution in [-0.4, -0.2) is 38.0 Å². The maximum absolute atomic E-state index is 12.7. The Labute approximate surface area is 139 Å². The Morgan fingerprint density at radius 3 is 2.29 bits per heavy atom. The standard InChI is InChI=1S/C17H19NO6/c1-3-24-17(21)14(15(19)12-8-5-4-6-9-12)13(16(20)23-2)10-7-11-18-22/h4-6,8-9H,3,7,10-11H2,1-2H3/b14-13-. The number of nitrogens with zero attached hydrogens (tertiary/aromatic N) is 1. The van der Waals surface area contributed by atoms with Crippen molar-refractivity contribution in [2.24, 2.45) is 5.18 Å². The van der Waals surface area contributed by atoms with Crippen molar-refractivity contribution in [3.63, 3.8) is 0 Å². The van der Waals surface area contributed by atoms with Crippen LogP contribution in [-0.2, 0) is 19.1 Å². The topological polar surface area (TPSA) is 99.1 Å². The number of methoxy groups -OCH3 is 1. The summed E-state index contributed by atoms with van der Waals surface area (Å²) in [6.07, 6.45) is 0.212. The van der Waals surface area contributed by atoms with Gasteiger partial charge < -0.3 is 9.47 Å². The highest BCUT2D eigenvalue weighted by atomic mass is 16.5. The third-order valence-corrected chi connectivity index (χ3v) is 3.15. The second kappa shape index (κ2) is 10.0. The van der Waals surface area contributed by atoms with E-state index >= 15 is 0 Å². The molecule has 0 saturated heterocycles. The molecule has 0 fully saturated rings. The molecule has 0 N–H and O–H groups in total. The van der Waals surface area contributed by atoms with Gasteiger partial charge in [-0.1, -0.05) is 35.5 Å². The molecular formula is C17H19NO6. The number of carbonyl (C=O) groups is 3. The van der Waals surface area contributed by atoms with Crippen LogP contribution in [0.1, 0.15) is 30.1 Å². The van der Waals surface area contributed by atoms with Crippen molar-refractivity contribution < 1.29 is 23.9 Å². The zero-order valence-corrected chi connectivity index (χ0v) is 13.6. The average Bonchev–Trinajstić information content (AvgIpc) is 2.61. The average molecular weight is 333 g/mol. The van der Waals surface area contributed by atoms with Crippen molar-refractivity contribution in [2.75, 3.05) is 20.3 Å². The van der Waals surface area contributed by atoms with Crippen molar-refractivity contribution in [1.82, 2.24) is 0 Å². The Bertz CT molecular complexity index is 636. The fraction of sp³-hybridized carbons (Fsp3) is 0.353. The van der Waals surface area contributed by atoms with E-state index in [9.17, 15) is 19.3 Å². The van der Waals surface area contributed by atoms with Crippen LogP contribution in [0.15, 0.2) is 46.7 Å². The van der Waals surface area contributed by atoms with E-state index in [-0.39, 0.29) is 42.7 Å². The maximum Gasteiger partial charge on any atom is 0.342 e. The van der Waals surface area contributed by atoms with Crippen LogP contribution < -0.4 is 0 Å². The molecule has 0 atom stereocenters. The summed E-state index contributed by atoms with van der Waals surface area (Å²) in [4.78, 5) is 47.3. The third-order valence-electron chi connectivity index (χ3n) is 3.15. The normalized spacial score (nSPS) is 11.2. The van der Waals surface area contributed by atoms with Crippen LogP contribution in [0.25, 0.3) is 0 Å². The van der Waals surface area contributed by atoms with Gasteiger partial charge in [-0.2, -0.15) is 4.91 Å². The molecule has 0 aliphatic carbocycles. The molecule has 0 unspecified atom stereocenters. The van der Waals surface area contributed by atoms with E-state index in [2.05, 4.69) is 9.91 Å². The second-order valence-electron chi connectivity index (χ2n) is 4.72. The summed E-state index contributed by atoms with van der Waals surface area (Å²) in [6, 6.07) is 8.07. The summed E-state index contributed by atoms with van der Waals surface area (Å²) in [5, 5.41) is 2.71. The molecule has 0 aromatic heterocycles. The lowest BCUT2D eigenvalue weighted by Crippen LogP contribution is -2.22. The Balaban J connectivity index is 3.38. The molecule has 0 aliphatic rings. The lowest BCUT2D eigenvalue weighted by atomic mass is 9.95. The van der Waals surface area contributed by atoms with Crippen LogP contribution in [0.3, 0.4) is 0 Å². The SMILES string of the molecule is CCOC(=O)/C(C(=O)c1ccccc1)=C(/CCCN=O)C(=O)OC. The molecule has 1 aromatic carbocycles. The Morgan fingerprint density at radius 1 is 1.08 bits per heavy atom. The van der Waals surface area contributed by atoms with E-state index in [1.807, 2.05) is 0 Å². The monoisotopic (exact) mass is 333 g/mol. The Kier molecular flexibility index (Phi) is 8.04. The van der Waals surface area contributed by atoms with Crippen LogP contribution in [0.5, 0.6) is 0 Å². The number of rotatable bonds is 9. The van der Waals surface area contributed by atoms with E-state index in [0.29, 0.717) is 0 Å². The molecule has 0 spiro atoms. The van der Waals surface area contributed by atoms with Gasteiger partial charge in [-0.05, 0) is 19.8 Å². The number of ketones is 1. The van der Waals surface area contributed by atoms with Crippen molar-refractivity contribution in [3.05, 3.63) is 51.9 Å². The summed E-state index contributed by atoms with van der Waals surface area (Å²) < 4.78 is 9.59. The van der Waals surface area contributed by atoms with Crippen LogP contribution in [0.4, 0.5) is 0 Å². The predicted octanol–water partition coefficient (Wildman–Crippen LogP) is 2.45. The highest BCUT2D eigenvalue weighted by molar-refractivity contribution is 6.27. The van der Waals surface area contributed by atoms with Gasteiger partial charge in [0.15, 0.2) is 0 Å². The molecule has 0 radical (unpaired) electrons. The lowest BCUT2D eigenvalue weighted by molar-refractivity contribution is -0.140. The van der Waals surface area contributed by atoms with Crippen molar-refractivity contribution >= 4 is 17.7 Å². The number of nitroso groups, excluding NO2 is 1. The smallest absolute Gasteiger partial charge is 0.342 e. The van der Waals surface area contributed by atoms with Gasteiger partial charge in [0.05, 0.1) is 25.8 Å². The summed E-state index contributed by atoms with van der Waals surface area (Å²) in [5.41, 5.74) is -0.246. The van der Waals surface area contributed by atoms with Crippen LogP contribution in [0.2, 0.25) is 0 Å². The first kappa shape index (κ1) is 19.2. The molecule has 24 heavy (non-hydrogen) atoms. The molecule has 0 heterocycles. The van der Waals surface area contributed by atoms with Crippen molar-refractivity contribution in [3.8, 4) is 0 Å². The van der Waals surface area contributed by atoms with Gasteiger partial charge in [0, 0.05) is 5.56 Å². The number of esters is 2. The number of ether oxygens (including phenoxy) is 2. The van der Waals surface area contributed by atoms with Crippen molar-refractivity contribution in [1.29, 1.82) is 0 Å². The minimum absolute atomic E-state index is 0.00509. The molecular weight excluding hydrogens is 314 g/mol. The zero-order chi connectivity index (χ0) is 17.9. The predicted molar refractivity (Wildman–Crippen MR) is 86.3 cm³/mol. The van der Waals surface area contributed by atoms with Gasteiger partial charge in [0.1, 0.15) is 5.57 Å². The lowest BCUT2D eigenvalue weighted by Gasteiger charge is -2.12. The van der Waals surface area contributed by atoms with Gasteiger partial charge in [-0.25, -0.2) is 9.59 Å². The summed E-state index contributed by atoms with van der Waals surface area (Å²) in [5.74, 6) is -2.34. The minimum atomic E-state index is -0.897. The van der Waals surface area contributed by atoms with Crippen molar-refractivity contribution in [2.45, 2.75) is 19.8 Å². The molecule has 1 rings (SSSR count). The van der Waals surface area contributed by atoms with E-state index in [0.717, 1.165) is 7.11 Å². The summed E-state index contributed by atoms with van der Waals surface area (Å²) >= 11 is 0. The number of hydrogen-bond donors (Lipinski definition) is 0. The largest absolute Gasteiger partial charge is 0.466 e. The van der Waals surface area contributed by atoms with Gasteiger partial charge >= 0.3 is 11.9 Å². The quantitative estimate of drug-likeness (QED) is 0.131.